The smallest absolute Gasteiger partial charge is 0.226 e. The van der Waals surface area contributed by atoms with E-state index >= 15 is 0 Å². The maximum atomic E-state index is 12.9. The van der Waals surface area contributed by atoms with Crippen LogP contribution in [0.2, 0.25) is 0 Å². The standard InChI is InChI=1S/C22H25N3O4/c1-28-19-8-15-5-7-25(13-16(15)9-20(19)29-2)22(27)18-10-17(18)21(26)24-12-14-4-3-6-23-11-14/h3-4,6,8-9,11,17-18H,5,7,10,12-13H2,1-2H3,(H,24,26). The minimum absolute atomic E-state index is 0.0592. The van der Waals surface area contributed by atoms with Gasteiger partial charge in [0, 0.05) is 32.0 Å². The molecule has 0 radical (unpaired) electrons. The van der Waals surface area contributed by atoms with E-state index in [2.05, 4.69) is 10.3 Å². The van der Waals surface area contributed by atoms with E-state index in [-0.39, 0.29) is 23.7 Å². The molecule has 2 amide bonds. The van der Waals surface area contributed by atoms with Crippen molar-refractivity contribution in [1.29, 1.82) is 0 Å². The Labute approximate surface area is 170 Å². The van der Waals surface area contributed by atoms with Crippen molar-refractivity contribution in [2.24, 2.45) is 11.8 Å². The number of ether oxygens (including phenoxy) is 2. The van der Waals surface area contributed by atoms with Gasteiger partial charge in [0.2, 0.25) is 11.8 Å². The Kier molecular flexibility index (Phi) is 5.38. The van der Waals surface area contributed by atoms with E-state index in [0.29, 0.717) is 37.6 Å². The first-order chi connectivity index (χ1) is 14.1. The van der Waals surface area contributed by atoms with Gasteiger partial charge in [-0.05, 0) is 47.7 Å². The van der Waals surface area contributed by atoms with Crippen LogP contribution in [0.15, 0.2) is 36.7 Å². The fraction of sp³-hybridized carbons (Fsp3) is 0.409. The summed E-state index contributed by atoms with van der Waals surface area (Å²) in [6.07, 6.45) is 4.81. The van der Waals surface area contributed by atoms with Crippen LogP contribution in [-0.4, -0.2) is 42.5 Å². The van der Waals surface area contributed by atoms with Crippen LogP contribution in [0, 0.1) is 11.8 Å². The number of fused-ring (bicyclic) bond motifs is 1. The van der Waals surface area contributed by atoms with Gasteiger partial charge in [0.15, 0.2) is 11.5 Å². The predicted octanol–water partition coefficient (Wildman–Crippen LogP) is 1.94. The van der Waals surface area contributed by atoms with Crippen molar-refractivity contribution in [3.8, 4) is 11.5 Å². The average molecular weight is 395 g/mol. The Bertz CT molecular complexity index is 916. The minimum Gasteiger partial charge on any atom is -0.493 e. The van der Waals surface area contributed by atoms with Crippen molar-refractivity contribution in [2.45, 2.75) is 25.9 Å². The molecule has 4 rings (SSSR count). The zero-order chi connectivity index (χ0) is 20.4. The maximum absolute atomic E-state index is 12.9. The van der Waals surface area contributed by atoms with Gasteiger partial charge in [-0.1, -0.05) is 6.07 Å². The molecule has 1 saturated carbocycles. The number of nitrogens with one attached hydrogen (secondary N) is 1. The molecule has 0 spiro atoms. The monoisotopic (exact) mass is 395 g/mol. The zero-order valence-electron chi connectivity index (χ0n) is 16.7. The first kappa shape index (κ1) is 19.2. The Morgan fingerprint density at radius 2 is 1.93 bits per heavy atom. The molecule has 1 aliphatic heterocycles. The lowest BCUT2D eigenvalue weighted by Crippen LogP contribution is -2.38. The van der Waals surface area contributed by atoms with Crippen LogP contribution in [0.4, 0.5) is 0 Å². The molecule has 0 bridgehead atoms. The molecule has 29 heavy (non-hydrogen) atoms. The maximum Gasteiger partial charge on any atom is 0.226 e. The van der Waals surface area contributed by atoms with Crippen LogP contribution in [0.25, 0.3) is 0 Å². The van der Waals surface area contributed by atoms with Crippen molar-refractivity contribution in [3.05, 3.63) is 53.3 Å². The van der Waals surface area contributed by atoms with Crippen molar-refractivity contribution < 1.29 is 19.1 Å². The zero-order valence-corrected chi connectivity index (χ0v) is 16.7. The number of amides is 2. The molecule has 2 unspecified atom stereocenters. The Balaban J connectivity index is 1.35. The van der Waals surface area contributed by atoms with Crippen LogP contribution in [0.1, 0.15) is 23.1 Å². The molecule has 2 aliphatic rings. The number of carbonyl (C=O) groups is 2. The molecular weight excluding hydrogens is 370 g/mol. The highest BCUT2D eigenvalue weighted by atomic mass is 16.5. The number of hydrogen-bond acceptors (Lipinski definition) is 5. The van der Waals surface area contributed by atoms with Gasteiger partial charge in [0.1, 0.15) is 0 Å². The van der Waals surface area contributed by atoms with Crippen LogP contribution in [0.5, 0.6) is 11.5 Å². The number of pyridine rings is 1. The lowest BCUT2D eigenvalue weighted by Gasteiger charge is -2.30. The predicted molar refractivity (Wildman–Crippen MR) is 106 cm³/mol. The second kappa shape index (κ2) is 8.11. The van der Waals surface area contributed by atoms with E-state index in [0.717, 1.165) is 17.5 Å². The number of hydrogen-bond donors (Lipinski definition) is 1. The van der Waals surface area contributed by atoms with Crippen molar-refractivity contribution in [1.82, 2.24) is 15.2 Å². The lowest BCUT2D eigenvalue weighted by molar-refractivity contribution is -0.135. The lowest BCUT2D eigenvalue weighted by atomic mass is 9.98. The third-order valence-electron chi connectivity index (χ3n) is 5.66. The summed E-state index contributed by atoms with van der Waals surface area (Å²) < 4.78 is 10.8. The van der Waals surface area contributed by atoms with E-state index in [4.69, 9.17) is 9.47 Å². The molecule has 7 nitrogen and oxygen atoms in total. The van der Waals surface area contributed by atoms with Gasteiger partial charge in [0.05, 0.1) is 26.1 Å². The van der Waals surface area contributed by atoms with E-state index in [1.807, 2.05) is 29.2 Å². The normalized spacial score (nSPS) is 19.9. The Hall–Kier alpha value is -3.09. The average Bonchev–Trinajstić information content (AvgIpc) is 3.57. The fourth-order valence-electron chi connectivity index (χ4n) is 3.89. The van der Waals surface area contributed by atoms with Crippen molar-refractivity contribution >= 4 is 11.8 Å². The molecule has 2 heterocycles. The molecule has 7 heteroatoms. The first-order valence-electron chi connectivity index (χ1n) is 9.80. The van der Waals surface area contributed by atoms with E-state index in [1.54, 1.807) is 26.6 Å². The van der Waals surface area contributed by atoms with Gasteiger partial charge in [-0.25, -0.2) is 0 Å². The van der Waals surface area contributed by atoms with Gasteiger partial charge >= 0.3 is 0 Å². The van der Waals surface area contributed by atoms with Crippen molar-refractivity contribution in [3.63, 3.8) is 0 Å². The topological polar surface area (TPSA) is 80.8 Å². The molecule has 152 valence electrons. The number of nitrogens with zero attached hydrogens (tertiary/aromatic N) is 2. The number of methoxy groups -OCH3 is 2. The summed E-state index contributed by atoms with van der Waals surface area (Å²) in [5.41, 5.74) is 3.19. The van der Waals surface area contributed by atoms with E-state index < -0.39 is 0 Å². The van der Waals surface area contributed by atoms with Crippen molar-refractivity contribution in [2.75, 3.05) is 20.8 Å². The highest BCUT2D eigenvalue weighted by molar-refractivity contribution is 5.92. The van der Waals surface area contributed by atoms with Gasteiger partial charge in [-0.3, -0.25) is 14.6 Å². The number of rotatable bonds is 6. The van der Waals surface area contributed by atoms with Gasteiger partial charge in [-0.2, -0.15) is 0 Å². The molecule has 1 aliphatic carbocycles. The minimum atomic E-state index is -0.231. The summed E-state index contributed by atoms with van der Waals surface area (Å²) in [6.45, 7) is 1.62. The van der Waals surface area contributed by atoms with Crippen LogP contribution in [-0.2, 0) is 29.1 Å². The molecule has 1 fully saturated rings. The second-order valence-corrected chi connectivity index (χ2v) is 7.51. The quantitative estimate of drug-likeness (QED) is 0.809. The SMILES string of the molecule is COc1cc2c(cc1OC)CN(C(=O)C1CC1C(=O)NCc1cccnc1)CC2. The fourth-order valence-corrected chi connectivity index (χ4v) is 3.89. The van der Waals surface area contributed by atoms with Crippen LogP contribution < -0.4 is 14.8 Å². The highest BCUT2D eigenvalue weighted by Gasteiger charge is 2.49. The molecule has 1 aromatic carbocycles. The molecule has 0 saturated heterocycles. The number of carbonyl (C=O) groups excluding carboxylic acids is 2. The van der Waals surface area contributed by atoms with E-state index in [1.165, 1.54) is 5.56 Å². The third-order valence-corrected chi connectivity index (χ3v) is 5.66. The largest absolute Gasteiger partial charge is 0.493 e. The summed E-state index contributed by atoms with van der Waals surface area (Å²) >= 11 is 0. The summed E-state index contributed by atoms with van der Waals surface area (Å²) in [5.74, 6) is 0.928. The Morgan fingerprint density at radius 1 is 1.17 bits per heavy atom. The molecule has 2 aromatic rings. The summed E-state index contributed by atoms with van der Waals surface area (Å²) in [4.78, 5) is 31.2. The first-order valence-corrected chi connectivity index (χ1v) is 9.80. The number of aromatic nitrogens is 1. The van der Waals surface area contributed by atoms with E-state index in [9.17, 15) is 9.59 Å². The molecule has 2 atom stereocenters. The second-order valence-electron chi connectivity index (χ2n) is 7.51. The van der Waals surface area contributed by atoms with Gasteiger partial charge < -0.3 is 19.7 Å². The molecule has 1 aromatic heterocycles. The highest BCUT2D eigenvalue weighted by Crippen LogP contribution is 2.41. The Morgan fingerprint density at radius 3 is 2.62 bits per heavy atom. The number of benzene rings is 1. The molecule has 1 N–H and O–H groups in total. The summed E-state index contributed by atoms with van der Waals surface area (Å²) in [7, 11) is 3.23. The van der Waals surface area contributed by atoms with Gasteiger partial charge in [-0.15, -0.1) is 0 Å². The third kappa shape index (κ3) is 4.04. The van der Waals surface area contributed by atoms with Gasteiger partial charge in [0.25, 0.3) is 0 Å². The van der Waals surface area contributed by atoms with Crippen LogP contribution in [0.3, 0.4) is 0 Å². The summed E-state index contributed by atoms with van der Waals surface area (Å²) in [5, 5.41) is 2.91. The summed E-state index contributed by atoms with van der Waals surface area (Å²) in [6, 6.07) is 7.68. The van der Waals surface area contributed by atoms with Crippen LogP contribution >= 0.6 is 0 Å². The molecular formula is C22H25N3O4.